The molecule has 0 atom stereocenters. The SMILES string of the molecule is CCn1c(SCC(=O)N(C)Cc2ccc(N3CCOCC3)cc2)nnc1-c1ccco1. The number of hydrogen-bond acceptors (Lipinski definition) is 7. The van der Waals surface area contributed by atoms with E-state index in [0.29, 0.717) is 35.6 Å². The Labute approximate surface area is 186 Å². The summed E-state index contributed by atoms with van der Waals surface area (Å²) < 4.78 is 12.8. The van der Waals surface area contributed by atoms with Crippen LogP contribution in [0.15, 0.2) is 52.2 Å². The molecule has 0 radical (unpaired) electrons. The van der Waals surface area contributed by atoms with Crippen molar-refractivity contribution in [2.24, 2.45) is 0 Å². The average Bonchev–Trinajstić information content (AvgIpc) is 3.48. The summed E-state index contributed by atoms with van der Waals surface area (Å²) >= 11 is 1.40. The number of rotatable bonds is 8. The molecule has 164 valence electrons. The summed E-state index contributed by atoms with van der Waals surface area (Å²) in [5, 5.41) is 9.19. The third-order valence-electron chi connectivity index (χ3n) is 5.26. The van der Waals surface area contributed by atoms with Crippen molar-refractivity contribution in [1.29, 1.82) is 0 Å². The van der Waals surface area contributed by atoms with Gasteiger partial charge >= 0.3 is 0 Å². The minimum atomic E-state index is 0.0486. The first-order chi connectivity index (χ1) is 15.2. The molecule has 1 aliphatic rings. The highest BCUT2D eigenvalue weighted by molar-refractivity contribution is 7.99. The molecule has 1 aromatic carbocycles. The van der Waals surface area contributed by atoms with Gasteiger partial charge in [0, 0.05) is 38.9 Å². The number of ether oxygens (including phenoxy) is 1. The van der Waals surface area contributed by atoms with Crippen molar-refractivity contribution in [1.82, 2.24) is 19.7 Å². The van der Waals surface area contributed by atoms with E-state index >= 15 is 0 Å². The Bertz CT molecular complexity index is 981. The number of benzene rings is 1. The Balaban J connectivity index is 1.32. The zero-order chi connectivity index (χ0) is 21.6. The minimum absolute atomic E-state index is 0.0486. The van der Waals surface area contributed by atoms with Gasteiger partial charge in [-0.3, -0.25) is 9.36 Å². The number of furan rings is 1. The average molecular weight is 442 g/mol. The molecule has 0 saturated carbocycles. The van der Waals surface area contributed by atoms with Crippen LogP contribution in [0.1, 0.15) is 12.5 Å². The number of carbonyl (C=O) groups excluding carboxylic acids is 1. The Morgan fingerprint density at radius 3 is 2.61 bits per heavy atom. The lowest BCUT2D eigenvalue weighted by Gasteiger charge is -2.29. The summed E-state index contributed by atoms with van der Waals surface area (Å²) in [5.41, 5.74) is 2.30. The Kier molecular flexibility index (Phi) is 6.93. The summed E-state index contributed by atoms with van der Waals surface area (Å²) in [5.74, 6) is 1.70. The van der Waals surface area contributed by atoms with E-state index in [-0.39, 0.29) is 5.91 Å². The van der Waals surface area contributed by atoms with E-state index in [2.05, 4.69) is 39.4 Å². The summed E-state index contributed by atoms with van der Waals surface area (Å²) in [7, 11) is 1.83. The van der Waals surface area contributed by atoms with E-state index < -0.39 is 0 Å². The monoisotopic (exact) mass is 441 g/mol. The molecule has 1 aliphatic heterocycles. The van der Waals surface area contributed by atoms with Gasteiger partial charge in [-0.2, -0.15) is 0 Å². The van der Waals surface area contributed by atoms with Crippen molar-refractivity contribution in [3.05, 3.63) is 48.2 Å². The maximum atomic E-state index is 12.7. The van der Waals surface area contributed by atoms with Gasteiger partial charge in [0.25, 0.3) is 0 Å². The van der Waals surface area contributed by atoms with E-state index in [9.17, 15) is 4.79 Å². The fraction of sp³-hybridized carbons (Fsp3) is 0.409. The van der Waals surface area contributed by atoms with Crippen LogP contribution in [0.2, 0.25) is 0 Å². The van der Waals surface area contributed by atoms with Gasteiger partial charge < -0.3 is 19.0 Å². The molecular weight excluding hydrogens is 414 g/mol. The van der Waals surface area contributed by atoms with Gasteiger partial charge in [0.2, 0.25) is 5.91 Å². The second kappa shape index (κ2) is 10.0. The van der Waals surface area contributed by atoms with E-state index in [1.807, 2.05) is 30.7 Å². The van der Waals surface area contributed by atoms with Gasteiger partial charge in [0.05, 0.1) is 25.2 Å². The molecule has 1 fully saturated rings. The smallest absolute Gasteiger partial charge is 0.233 e. The maximum Gasteiger partial charge on any atom is 0.233 e. The number of anilines is 1. The second-order valence-corrected chi connectivity index (χ2v) is 8.27. The van der Waals surface area contributed by atoms with Crippen LogP contribution in [-0.4, -0.2) is 64.7 Å². The Morgan fingerprint density at radius 2 is 1.94 bits per heavy atom. The van der Waals surface area contributed by atoms with E-state index in [1.54, 1.807) is 11.2 Å². The van der Waals surface area contributed by atoms with Gasteiger partial charge in [-0.15, -0.1) is 10.2 Å². The summed E-state index contributed by atoms with van der Waals surface area (Å²) in [4.78, 5) is 16.7. The minimum Gasteiger partial charge on any atom is -0.461 e. The normalized spacial score (nSPS) is 14.1. The van der Waals surface area contributed by atoms with Crippen molar-refractivity contribution in [2.75, 3.05) is 44.0 Å². The molecule has 4 rings (SSSR count). The third kappa shape index (κ3) is 5.11. The van der Waals surface area contributed by atoms with E-state index in [0.717, 1.165) is 31.9 Å². The molecule has 8 nitrogen and oxygen atoms in total. The van der Waals surface area contributed by atoms with Gasteiger partial charge in [0.1, 0.15) is 0 Å². The highest BCUT2D eigenvalue weighted by atomic mass is 32.2. The molecule has 9 heteroatoms. The quantitative estimate of drug-likeness (QED) is 0.497. The number of amides is 1. The van der Waals surface area contributed by atoms with Gasteiger partial charge in [-0.05, 0) is 36.8 Å². The van der Waals surface area contributed by atoms with Crippen molar-refractivity contribution in [2.45, 2.75) is 25.2 Å². The third-order valence-corrected chi connectivity index (χ3v) is 6.21. The van der Waals surface area contributed by atoms with Crippen LogP contribution in [0.4, 0.5) is 5.69 Å². The number of hydrogen-bond donors (Lipinski definition) is 0. The summed E-state index contributed by atoms with van der Waals surface area (Å²) in [6, 6.07) is 12.1. The molecule has 0 aliphatic carbocycles. The van der Waals surface area contributed by atoms with E-state index in [4.69, 9.17) is 9.15 Å². The van der Waals surface area contributed by atoms with Crippen molar-refractivity contribution >= 4 is 23.4 Å². The first-order valence-corrected chi connectivity index (χ1v) is 11.4. The molecule has 2 aromatic heterocycles. The van der Waals surface area contributed by atoms with E-state index in [1.165, 1.54) is 17.4 Å². The lowest BCUT2D eigenvalue weighted by atomic mass is 10.2. The van der Waals surface area contributed by atoms with Crippen molar-refractivity contribution in [3.63, 3.8) is 0 Å². The molecule has 0 N–H and O–H groups in total. The fourth-order valence-electron chi connectivity index (χ4n) is 3.50. The highest BCUT2D eigenvalue weighted by Gasteiger charge is 2.18. The molecule has 0 spiro atoms. The maximum absolute atomic E-state index is 12.7. The molecule has 1 saturated heterocycles. The highest BCUT2D eigenvalue weighted by Crippen LogP contribution is 2.24. The molecular formula is C22H27N5O3S. The lowest BCUT2D eigenvalue weighted by molar-refractivity contribution is -0.127. The summed E-state index contributed by atoms with van der Waals surface area (Å²) in [6.07, 6.45) is 1.61. The second-order valence-electron chi connectivity index (χ2n) is 7.33. The lowest BCUT2D eigenvalue weighted by Crippen LogP contribution is -2.36. The molecule has 0 unspecified atom stereocenters. The Hall–Kier alpha value is -2.78. The van der Waals surface area contributed by atoms with Crippen LogP contribution in [0.25, 0.3) is 11.6 Å². The predicted molar refractivity (Wildman–Crippen MR) is 120 cm³/mol. The summed E-state index contributed by atoms with van der Waals surface area (Å²) in [6.45, 7) is 6.66. The van der Waals surface area contributed by atoms with Gasteiger partial charge in [0.15, 0.2) is 16.7 Å². The molecule has 0 bridgehead atoms. The van der Waals surface area contributed by atoms with Crippen LogP contribution < -0.4 is 4.90 Å². The number of morpholine rings is 1. The molecule has 31 heavy (non-hydrogen) atoms. The topological polar surface area (TPSA) is 76.6 Å². The van der Waals surface area contributed by atoms with Crippen LogP contribution >= 0.6 is 11.8 Å². The predicted octanol–water partition coefficient (Wildman–Crippen LogP) is 3.15. The van der Waals surface area contributed by atoms with Crippen LogP contribution in [-0.2, 0) is 22.6 Å². The number of aromatic nitrogens is 3. The van der Waals surface area contributed by atoms with Crippen molar-refractivity contribution in [3.8, 4) is 11.6 Å². The van der Waals surface area contributed by atoms with Crippen LogP contribution in [0, 0.1) is 0 Å². The Morgan fingerprint density at radius 1 is 1.16 bits per heavy atom. The fourth-order valence-corrected chi connectivity index (χ4v) is 4.44. The van der Waals surface area contributed by atoms with Gasteiger partial charge in [-0.1, -0.05) is 23.9 Å². The zero-order valence-corrected chi connectivity index (χ0v) is 18.7. The number of carbonyl (C=O) groups is 1. The van der Waals surface area contributed by atoms with Crippen molar-refractivity contribution < 1.29 is 13.9 Å². The van der Waals surface area contributed by atoms with Crippen LogP contribution in [0.3, 0.4) is 0 Å². The largest absolute Gasteiger partial charge is 0.461 e. The molecule has 3 aromatic rings. The molecule has 1 amide bonds. The van der Waals surface area contributed by atoms with Gasteiger partial charge in [-0.25, -0.2) is 0 Å². The first-order valence-electron chi connectivity index (χ1n) is 10.4. The zero-order valence-electron chi connectivity index (χ0n) is 17.9. The number of nitrogens with zero attached hydrogens (tertiary/aromatic N) is 5. The number of thioether (sulfide) groups is 1. The first kappa shape index (κ1) is 21.5. The standard InChI is InChI=1S/C22H27N5O3S/c1-3-27-21(19-5-4-12-30-19)23-24-22(27)31-16-20(28)25(2)15-17-6-8-18(9-7-17)26-10-13-29-14-11-26/h4-9,12H,3,10-11,13-16H2,1-2H3. The molecule has 3 heterocycles. The van der Waals surface area contributed by atoms with Crippen LogP contribution in [0.5, 0.6) is 0 Å².